The molecule has 0 unspecified atom stereocenters. The Morgan fingerprint density at radius 3 is 2.50 bits per heavy atom. The number of hydrogen-bond donors (Lipinski definition) is 0. The molecular formula is C28H47NO. The van der Waals surface area contributed by atoms with Crippen LogP contribution in [0, 0.1) is 46.3 Å². The van der Waals surface area contributed by atoms with Crippen LogP contribution in [0.4, 0.5) is 0 Å². The summed E-state index contributed by atoms with van der Waals surface area (Å²) in [6.07, 6.45) is 16.6. The average molecular weight is 414 g/mol. The van der Waals surface area contributed by atoms with Crippen molar-refractivity contribution in [2.75, 3.05) is 7.05 Å². The first kappa shape index (κ1) is 22.4. The highest BCUT2D eigenvalue weighted by Gasteiger charge is 2.59. The zero-order valence-electron chi connectivity index (χ0n) is 20.7. The van der Waals surface area contributed by atoms with Crippen LogP contribution in [0.25, 0.3) is 0 Å². The first-order valence-corrected chi connectivity index (χ1v) is 13.1. The van der Waals surface area contributed by atoms with Crippen LogP contribution in [0.1, 0.15) is 105 Å². The second-order valence-corrected chi connectivity index (χ2v) is 12.5. The normalized spacial score (nSPS) is 42.3. The summed E-state index contributed by atoms with van der Waals surface area (Å²) in [5, 5.41) is 0. The Kier molecular flexibility index (Phi) is 6.19. The quantitative estimate of drug-likeness (QED) is 0.458. The molecule has 1 heterocycles. The van der Waals surface area contributed by atoms with Crippen molar-refractivity contribution >= 4 is 5.91 Å². The predicted octanol–water partition coefficient (Wildman–Crippen LogP) is 7.44. The summed E-state index contributed by atoms with van der Waals surface area (Å²) >= 11 is 0. The molecule has 0 aromatic heterocycles. The van der Waals surface area contributed by atoms with Gasteiger partial charge >= 0.3 is 0 Å². The van der Waals surface area contributed by atoms with E-state index in [-0.39, 0.29) is 5.41 Å². The van der Waals surface area contributed by atoms with E-state index in [0.717, 1.165) is 48.3 Å². The maximum atomic E-state index is 12.4. The first-order valence-electron chi connectivity index (χ1n) is 13.1. The lowest BCUT2D eigenvalue weighted by Gasteiger charge is -2.57. The smallest absolute Gasteiger partial charge is 0.226 e. The molecule has 4 aliphatic rings. The summed E-state index contributed by atoms with van der Waals surface area (Å²) in [6.45, 7) is 12.5. The van der Waals surface area contributed by atoms with Crippen molar-refractivity contribution in [3.63, 3.8) is 0 Å². The second-order valence-electron chi connectivity index (χ2n) is 12.5. The molecular weight excluding hydrogens is 366 g/mol. The van der Waals surface area contributed by atoms with Crippen LogP contribution in [0.3, 0.4) is 0 Å². The van der Waals surface area contributed by atoms with Gasteiger partial charge in [-0.25, -0.2) is 0 Å². The average Bonchev–Trinajstić information content (AvgIpc) is 2.99. The topological polar surface area (TPSA) is 20.3 Å². The molecule has 0 spiro atoms. The summed E-state index contributed by atoms with van der Waals surface area (Å²) in [4.78, 5) is 14.3. The van der Waals surface area contributed by atoms with E-state index < -0.39 is 0 Å². The van der Waals surface area contributed by atoms with Crippen molar-refractivity contribution in [3.8, 4) is 0 Å². The molecule has 0 aromatic rings. The van der Waals surface area contributed by atoms with Gasteiger partial charge in [-0.1, -0.05) is 53.9 Å². The summed E-state index contributed by atoms with van der Waals surface area (Å²) in [5.41, 5.74) is 2.40. The number of rotatable bonds is 5. The van der Waals surface area contributed by atoms with Crippen molar-refractivity contribution in [3.05, 3.63) is 11.8 Å². The maximum absolute atomic E-state index is 12.4. The predicted molar refractivity (Wildman–Crippen MR) is 126 cm³/mol. The Morgan fingerprint density at radius 1 is 1.00 bits per heavy atom. The summed E-state index contributed by atoms with van der Waals surface area (Å²) in [6, 6.07) is 0. The van der Waals surface area contributed by atoms with E-state index >= 15 is 0 Å². The molecule has 0 bridgehead atoms. The molecule has 170 valence electrons. The minimum absolute atomic E-state index is 0.256. The molecule has 1 amide bonds. The minimum atomic E-state index is 0.256. The van der Waals surface area contributed by atoms with Crippen LogP contribution in [-0.4, -0.2) is 17.9 Å². The van der Waals surface area contributed by atoms with Crippen LogP contribution in [0.2, 0.25) is 0 Å². The van der Waals surface area contributed by atoms with Gasteiger partial charge in [-0.05, 0) is 96.9 Å². The highest BCUT2D eigenvalue weighted by molar-refractivity contribution is 5.77. The number of nitrogens with zero attached hydrogens (tertiary/aromatic N) is 1. The van der Waals surface area contributed by atoms with E-state index in [2.05, 4.69) is 40.8 Å². The van der Waals surface area contributed by atoms with Crippen LogP contribution in [0.15, 0.2) is 11.8 Å². The molecule has 2 nitrogen and oxygen atoms in total. The third kappa shape index (κ3) is 3.69. The van der Waals surface area contributed by atoms with Crippen LogP contribution in [-0.2, 0) is 4.79 Å². The Balaban J connectivity index is 1.51. The van der Waals surface area contributed by atoms with E-state index in [9.17, 15) is 4.79 Å². The highest BCUT2D eigenvalue weighted by Crippen LogP contribution is 2.67. The van der Waals surface area contributed by atoms with Crippen molar-refractivity contribution in [2.24, 2.45) is 46.3 Å². The third-order valence-electron chi connectivity index (χ3n) is 10.5. The van der Waals surface area contributed by atoms with Gasteiger partial charge in [-0.15, -0.1) is 0 Å². The number of hydrogen-bond acceptors (Lipinski definition) is 1. The minimum Gasteiger partial charge on any atom is -0.322 e. The molecule has 2 heteroatoms. The van der Waals surface area contributed by atoms with Gasteiger partial charge in [-0.2, -0.15) is 0 Å². The number of carbonyl (C=O) groups is 1. The van der Waals surface area contributed by atoms with E-state index in [1.54, 1.807) is 5.57 Å². The fourth-order valence-electron chi connectivity index (χ4n) is 8.76. The van der Waals surface area contributed by atoms with E-state index in [4.69, 9.17) is 0 Å². The van der Waals surface area contributed by atoms with E-state index in [0.29, 0.717) is 11.3 Å². The molecule has 3 saturated carbocycles. The molecule has 3 aliphatic carbocycles. The van der Waals surface area contributed by atoms with Crippen molar-refractivity contribution in [1.29, 1.82) is 0 Å². The van der Waals surface area contributed by atoms with Crippen molar-refractivity contribution in [1.82, 2.24) is 4.90 Å². The number of allylic oxidation sites excluding steroid dienone is 1. The van der Waals surface area contributed by atoms with Gasteiger partial charge in [0, 0.05) is 19.7 Å². The van der Waals surface area contributed by atoms with Gasteiger partial charge in [0.05, 0.1) is 0 Å². The maximum Gasteiger partial charge on any atom is 0.226 e. The monoisotopic (exact) mass is 413 g/mol. The number of amides is 1. The third-order valence-corrected chi connectivity index (χ3v) is 10.5. The molecule has 0 aromatic carbocycles. The van der Waals surface area contributed by atoms with Gasteiger partial charge in [-0.3, -0.25) is 4.79 Å². The molecule has 0 saturated heterocycles. The SMILES string of the molecule is CC(C)CCC[C@@H](C)[C@H]1CC[C@H]2[C@@H]3CCC4=CN(C)C(=O)CC[C@]4(C)[C@H]3CC[C@]12C. The lowest BCUT2D eigenvalue weighted by Crippen LogP contribution is -2.50. The fourth-order valence-corrected chi connectivity index (χ4v) is 8.76. The Morgan fingerprint density at radius 2 is 1.77 bits per heavy atom. The first-order chi connectivity index (χ1) is 14.2. The van der Waals surface area contributed by atoms with Gasteiger partial charge in [0.15, 0.2) is 0 Å². The molecule has 7 atom stereocenters. The largest absolute Gasteiger partial charge is 0.322 e. The van der Waals surface area contributed by atoms with Gasteiger partial charge in [0.1, 0.15) is 0 Å². The molecule has 4 rings (SSSR count). The van der Waals surface area contributed by atoms with E-state index in [1.807, 2.05) is 11.9 Å². The summed E-state index contributed by atoms with van der Waals surface area (Å²) < 4.78 is 0. The summed E-state index contributed by atoms with van der Waals surface area (Å²) in [5.74, 6) is 5.57. The van der Waals surface area contributed by atoms with Crippen LogP contribution < -0.4 is 0 Å². The Labute approximate surface area is 186 Å². The van der Waals surface area contributed by atoms with Gasteiger partial charge in [0.25, 0.3) is 0 Å². The molecule has 1 aliphatic heterocycles. The highest BCUT2D eigenvalue weighted by atomic mass is 16.2. The lowest BCUT2D eigenvalue weighted by atomic mass is 9.47. The zero-order chi connectivity index (χ0) is 21.7. The number of carbonyl (C=O) groups excluding carboxylic acids is 1. The lowest BCUT2D eigenvalue weighted by molar-refractivity contribution is -0.128. The van der Waals surface area contributed by atoms with Crippen LogP contribution >= 0.6 is 0 Å². The Bertz CT molecular complexity index is 680. The number of fused-ring (bicyclic) bond motifs is 5. The molecule has 0 N–H and O–H groups in total. The van der Waals surface area contributed by atoms with Crippen LogP contribution in [0.5, 0.6) is 0 Å². The fraction of sp³-hybridized carbons (Fsp3) is 0.893. The molecule has 30 heavy (non-hydrogen) atoms. The van der Waals surface area contributed by atoms with Gasteiger partial charge < -0.3 is 4.90 Å². The standard InChI is InChI=1S/C28H47NO/c1-19(2)8-7-9-20(3)23-12-13-24-22-11-10-21-18-29(6)26(30)15-17-27(21,4)25(22)14-16-28(23,24)5/h18-20,22-25H,7-17H2,1-6H3/t20-,22+,23-,24+,25+,27+,28-/m1/s1. The molecule has 0 radical (unpaired) electrons. The van der Waals surface area contributed by atoms with Crippen molar-refractivity contribution in [2.45, 2.75) is 105 Å². The summed E-state index contributed by atoms with van der Waals surface area (Å²) in [7, 11) is 1.97. The van der Waals surface area contributed by atoms with E-state index in [1.165, 1.54) is 57.8 Å². The second kappa shape index (κ2) is 8.28. The van der Waals surface area contributed by atoms with Gasteiger partial charge in [0.2, 0.25) is 5.91 Å². The molecule has 3 fully saturated rings. The zero-order valence-corrected chi connectivity index (χ0v) is 20.7. The van der Waals surface area contributed by atoms with Crippen molar-refractivity contribution < 1.29 is 4.79 Å². The Hall–Kier alpha value is -0.790.